The maximum absolute atomic E-state index is 5.32. The van der Waals surface area contributed by atoms with Crippen LogP contribution in [0.3, 0.4) is 0 Å². The van der Waals surface area contributed by atoms with Gasteiger partial charge in [0.15, 0.2) is 3.95 Å². The molecule has 4 nitrogen and oxygen atoms in total. The van der Waals surface area contributed by atoms with Crippen molar-refractivity contribution in [2.24, 2.45) is 0 Å². The standard InChI is InChI=1S/C13H18N4S3/c1-11-14-17(13(18)20-11)10-16-6-4-15(5-7-16)9-12-3-2-8-19-12/h2-3,8H,4-7,9-10H2,1H3. The maximum Gasteiger partial charge on any atom is 0.180 e. The van der Waals surface area contributed by atoms with Crippen molar-refractivity contribution in [3.05, 3.63) is 31.4 Å². The lowest BCUT2D eigenvalue weighted by Crippen LogP contribution is -2.46. The highest BCUT2D eigenvalue weighted by Crippen LogP contribution is 2.14. The second kappa shape index (κ2) is 6.44. The SMILES string of the molecule is Cc1nn(CN2CCN(Cc3cccs3)CC2)c(=S)s1. The summed E-state index contributed by atoms with van der Waals surface area (Å²) in [6.45, 7) is 8.34. The molecule has 0 radical (unpaired) electrons. The average Bonchev–Trinajstić information content (AvgIpc) is 3.03. The summed E-state index contributed by atoms with van der Waals surface area (Å²) in [5.74, 6) is 0. The first-order valence-electron chi connectivity index (χ1n) is 6.72. The van der Waals surface area contributed by atoms with Crippen molar-refractivity contribution in [2.45, 2.75) is 20.1 Å². The van der Waals surface area contributed by atoms with Gasteiger partial charge >= 0.3 is 0 Å². The Morgan fingerprint density at radius 1 is 1.25 bits per heavy atom. The minimum atomic E-state index is 0.829. The molecule has 0 aromatic carbocycles. The minimum Gasteiger partial charge on any atom is -0.296 e. The van der Waals surface area contributed by atoms with Crippen LogP contribution in [0.25, 0.3) is 0 Å². The fourth-order valence-electron chi connectivity index (χ4n) is 2.40. The van der Waals surface area contributed by atoms with Crippen molar-refractivity contribution in [2.75, 3.05) is 26.2 Å². The maximum atomic E-state index is 5.32. The number of nitrogens with zero attached hydrogens (tertiary/aromatic N) is 4. The first kappa shape index (κ1) is 14.3. The van der Waals surface area contributed by atoms with Gasteiger partial charge in [-0.15, -0.1) is 11.3 Å². The molecule has 3 rings (SSSR count). The lowest BCUT2D eigenvalue weighted by atomic mass is 10.3. The van der Waals surface area contributed by atoms with Gasteiger partial charge in [-0.25, -0.2) is 4.68 Å². The molecular formula is C13H18N4S3. The van der Waals surface area contributed by atoms with Crippen LogP contribution in [-0.2, 0) is 13.2 Å². The first-order valence-corrected chi connectivity index (χ1v) is 8.83. The van der Waals surface area contributed by atoms with Crippen LogP contribution >= 0.6 is 34.9 Å². The van der Waals surface area contributed by atoms with Gasteiger partial charge < -0.3 is 0 Å². The Bertz CT molecular complexity index is 593. The van der Waals surface area contributed by atoms with Crippen LogP contribution in [0.15, 0.2) is 17.5 Å². The predicted molar refractivity (Wildman–Crippen MR) is 86.8 cm³/mol. The number of piperazine rings is 1. The summed E-state index contributed by atoms with van der Waals surface area (Å²) in [5.41, 5.74) is 0. The Hall–Kier alpha value is -0.600. The number of aryl methyl sites for hydroxylation is 1. The van der Waals surface area contributed by atoms with Crippen molar-refractivity contribution in [3.8, 4) is 0 Å². The zero-order valence-corrected chi connectivity index (χ0v) is 13.9. The molecule has 0 unspecified atom stereocenters. The molecule has 0 saturated carbocycles. The van der Waals surface area contributed by atoms with Crippen molar-refractivity contribution in [1.29, 1.82) is 0 Å². The van der Waals surface area contributed by atoms with Crippen LogP contribution in [0.5, 0.6) is 0 Å². The summed E-state index contributed by atoms with van der Waals surface area (Å²) in [4.78, 5) is 6.41. The fourth-order valence-corrected chi connectivity index (χ4v) is 4.20. The van der Waals surface area contributed by atoms with E-state index >= 15 is 0 Å². The third kappa shape index (κ3) is 3.53. The zero-order chi connectivity index (χ0) is 13.9. The summed E-state index contributed by atoms with van der Waals surface area (Å²) >= 11 is 8.76. The van der Waals surface area contributed by atoms with E-state index in [4.69, 9.17) is 12.2 Å². The molecule has 0 atom stereocenters. The van der Waals surface area contributed by atoms with Gasteiger partial charge in [0.1, 0.15) is 5.01 Å². The highest BCUT2D eigenvalue weighted by atomic mass is 32.1. The molecule has 7 heteroatoms. The second-order valence-electron chi connectivity index (χ2n) is 5.00. The topological polar surface area (TPSA) is 24.3 Å². The van der Waals surface area contributed by atoms with E-state index in [0.29, 0.717) is 0 Å². The lowest BCUT2D eigenvalue weighted by molar-refractivity contribution is 0.0989. The average molecular weight is 327 g/mol. The molecule has 0 N–H and O–H groups in total. The third-order valence-electron chi connectivity index (χ3n) is 3.47. The van der Waals surface area contributed by atoms with Crippen molar-refractivity contribution in [1.82, 2.24) is 19.6 Å². The second-order valence-corrected chi connectivity index (χ2v) is 7.86. The Kier molecular flexibility index (Phi) is 4.62. The Balaban J connectivity index is 1.51. The van der Waals surface area contributed by atoms with E-state index in [-0.39, 0.29) is 0 Å². The molecule has 20 heavy (non-hydrogen) atoms. The van der Waals surface area contributed by atoms with Gasteiger partial charge in [0.05, 0.1) is 6.67 Å². The predicted octanol–water partition coefficient (Wildman–Crippen LogP) is 2.82. The van der Waals surface area contributed by atoms with Crippen molar-refractivity contribution in [3.63, 3.8) is 0 Å². The highest BCUT2D eigenvalue weighted by Gasteiger charge is 2.18. The normalized spacial score (nSPS) is 17.6. The van der Waals surface area contributed by atoms with Crippen LogP contribution in [0.1, 0.15) is 9.88 Å². The van der Waals surface area contributed by atoms with Crippen LogP contribution in [-0.4, -0.2) is 45.8 Å². The van der Waals surface area contributed by atoms with Gasteiger partial charge in [0.25, 0.3) is 0 Å². The molecule has 0 spiro atoms. The molecule has 2 aromatic heterocycles. The summed E-state index contributed by atoms with van der Waals surface area (Å²) in [6.07, 6.45) is 0. The van der Waals surface area contributed by atoms with E-state index in [9.17, 15) is 0 Å². The van der Waals surface area contributed by atoms with Gasteiger partial charge in [-0.3, -0.25) is 9.80 Å². The van der Waals surface area contributed by atoms with E-state index in [1.807, 2.05) is 22.9 Å². The molecule has 0 aliphatic carbocycles. The van der Waals surface area contributed by atoms with Crippen LogP contribution in [0.4, 0.5) is 0 Å². The molecule has 1 aliphatic rings. The monoisotopic (exact) mass is 326 g/mol. The summed E-state index contributed by atoms with van der Waals surface area (Å²) in [7, 11) is 0. The molecule has 0 amide bonds. The van der Waals surface area contributed by atoms with Crippen molar-refractivity contribution >= 4 is 34.9 Å². The molecule has 3 heterocycles. The smallest absolute Gasteiger partial charge is 0.180 e. The van der Waals surface area contributed by atoms with Gasteiger partial charge in [0, 0.05) is 37.6 Å². The lowest BCUT2D eigenvalue weighted by Gasteiger charge is -2.34. The third-order valence-corrected chi connectivity index (χ3v) is 5.55. The number of rotatable bonds is 4. The van der Waals surface area contributed by atoms with E-state index in [0.717, 1.165) is 48.4 Å². The number of hydrogen-bond donors (Lipinski definition) is 0. The molecule has 2 aromatic rings. The minimum absolute atomic E-state index is 0.829. The van der Waals surface area contributed by atoms with Crippen LogP contribution < -0.4 is 0 Å². The highest BCUT2D eigenvalue weighted by molar-refractivity contribution is 7.73. The number of aromatic nitrogens is 2. The Labute approximate surface area is 132 Å². The zero-order valence-electron chi connectivity index (χ0n) is 11.5. The molecular weight excluding hydrogens is 308 g/mol. The molecule has 1 saturated heterocycles. The molecule has 108 valence electrons. The fraction of sp³-hybridized carbons (Fsp3) is 0.538. The number of hydrogen-bond acceptors (Lipinski definition) is 6. The summed E-state index contributed by atoms with van der Waals surface area (Å²) in [6, 6.07) is 4.34. The van der Waals surface area contributed by atoms with E-state index in [2.05, 4.69) is 32.4 Å². The van der Waals surface area contributed by atoms with E-state index < -0.39 is 0 Å². The summed E-state index contributed by atoms with van der Waals surface area (Å²) < 4.78 is 2.83. The first-order chi connectivity index (χ1) is 9.70. The largest absolute Gasteiger partial charge is 0.296 e. The quantitative estimate of drug-likeness (QED) is 0.807. The number of thiophene rings is 1. The van der Waals surface area contributed by atoms with E-state index in [1.54, 1.807) is 11.3 Å². The van der Waals surface area contributed by atoms with Gasteiger partial charge in [0.2, 0.25) is 0 Å². The van der Waals surface area contributed by atoms with Gasteiger partial charge in [-0.1, -0.05) is 17.4 Å². The van der Waals surface area contributed by atoms with Crippen LogP contribution in [0, 0.1) is 10.9 Å². The summed E-state index contributed by atoms with van der Waals surface area (Å²) in [5, 5.41) is 7.66. The van der Waals surface area contributed by atoms with Crippen LogP contribution in [0.2, 0.25) is 0 Å². The van der Waals surface area contributed by atoms with Crippen molar-refractivity contribution < 1.29 is 0 Å². The molecule has 1 fully saturated rings. The molecule has 0 bridgehead atoms. The van der Waals surface area contributed by atoms with Gasteiger partial charge in [-0.2, -0.15) is 5.10 Å². The van der Waals surface area contributed by atoms with Gasteiger partial charge in [-0.05, 0) is 30.6 Å². The Morgan fingerprint density at radius 3 is 2.60 bits per heavy atom. The van der Waals surface area contributed by atoms with E-state index in [1.165, 1.54) is 4.88 Å². The molecule has 1 aliphatic heterocycles. The Morgan fingerprint density at radius 2 is 2.00 bits per heavy atom.